The Morgan fingerprint density at radius 1 is 0.917 bits per heavy atom. The van der Waals surface area contributed by atoms with Crippen LogP contribution in [0.25, 0.3) is 0 Å². The minimum absolute atomic E-state index is 0.00784. The number of ether oxygens (including phenoxy) is 2. The minimum Gasteiger partial charge on any atom is -0.463 e. The molecule has 142 valence electrons. The van der Waals surface area contributed by atoms with Gasteiger partial charge in [-0.05, 0) is 6.37 Å². The summed E-state index contributed by atoms with van der Waals surface area (Å²) in [5, 5.41) is 0. The van der Waals surface area contributed by atoms with Gasteiger partial charge in [0, 0.05) is 54.3 Å². The molecule has 1 aliphatic heterocycles. The van der Waals surface area contributed by atoms with E-state index in [1.165, 1.54) is 0 Å². The van der Waals surface area contributed by atoms with E-state index < -0.39 is 127 Å². The van der Waals surface area contributed by atoms with Crippen molar-refractivity contribution in [2.45, 2.75) is 115 Å². The van der Waals surface area contributed by atoms with Crippen LogP contribution in [-0.2, 0) is 14.3 Å². The van der Waals surface area contributed by atoms with Crippen molar-refractivity contribution in [2.75, 3.05) is 13.2 Å². The molecule has 1 rings (SSSR count). The van der Waals surface area contributed by atoms with E-state index in [1.54, 1.807) is 0 Å². The van der Waals surface area contributed by atoms with Crippen LogP contribution in [0, 0.1) is 0 Å². The van der Waals surface area contributed by atoms with Crippen LogP contribution in [0.4, 0.5) is 0 Å². The molecule has 1 fully saturated rings. The lowest BCUT2D eigenvalue weighted by Gasteiger charge is -2.04. The van der Waals surface area contributed by atoms with E-state index in [2.05, 4.69) is 4.74 Å². The monoisotopic (exact) mass is 376 g/mol. The molecule has 0 bridgehead atoms. The normalized spacial score (nSPS) is 48.0. The van der Waals surface area contributed by atoms with Crippen LogP contribution in [0.3, 0.4) is 0 Å². The number of carbonyl (C=O) groups excluding carboxylic acids is 1. The Labute approximate surface area is 199 Å². The molecule has 24 heavy (non-hydrogen) atoms. The zero-order valence-electron chi connectivity index (χ0n) is 47.2. The molecule has 3 heteroatoms. The fourth-order valence-corrected chi connectivity index (χ4v) is 0.858. The van der Waals surface area contributed by atoms with E-state index in [-0.39, 0.29) is 6.61 Å². The van der Waals surface area contributed by atoms with Crippen LogP contribution in [0.1, 0.15) is 157 Å². The van der Waals surface area contributed by atoms with Crippen LogP contribution in [0.2, 0.25) is 0 Å². The van der Waals surface area contributed by atoms with Gasteiger partial charge in [-0.15, -0.1) is 0 Å². The highest BCUT2D eigenvalue weighted by molar-refractivity contribution is 5.69. The number of hydrogen-bond acceptors (Lipinski definition) is 3. The van der Waals surface area contributed by atoms with Gasteiger partial charge in [-0.1, -0.05) is 96.1 Å². The molecule has 0 amide bonds. The summed E-state index contributed by atoms with van der Waals surface area (Å²) < 4.78 is 291. The summed E-state index contributed by atoms with van der Waals surface area (Å²) in [6.45, 7) is -4.86. The fourth-order valence-electron chi connectivity index (χ4n) is 0.858. The first-order valence-electron chi connectivity index (χ1n) is 23.8. The van der Waals surface area contributed by atoms with E-state index in [0.717, 1.165) is 0 Å². The van der Waals surface area contributed by atoms with Gasteiger partial charge in [0.1, 0.15) is 12.7 Å². The van der Waals surface area contributed by atoms with Crippen molar-refractivity contribution in [1.29, 1.82) is 0 Å². The smallest absolute Gasteiger partial charge is 0.305 e. The standard InChI is InChI=1S/C21H40O3/c1-2-3-4-5-6-7-8-9-10-11-12-13-14-15-16-17-21(22)24-19-20-18-23-20/h20H,2-19H2,1H3/i1D3,2D2,3D2,4D2,5D2,6D2,7D2,8D2,9D2,10D2,11D2,12D2,13D2,14D2,15D2,16D2,17D2. The Morgan fingerprint density at radius 2 is 1.38 bits per heavy atom. The van der Waals surface area contributed by atoms with Gasteiger partial charge in [0.25, 0.3) is 0 Å². The third-order valence-electron chi connectivity index (χ3n) is 1.84. The molecular weight excluding hydrogens is 300 g/mol. The highest BCUT2D eigenvalue weighted by atomic mass is 16.6. The first-order valence-corrected chi connectivity index (χ1v) is 6.29. The van der Waals surface area contributed by atoms with Gasteiger partial charge in [0.15, 0.2) is 0 Å². The van der Waals surface area contributed by atoms with Crippen LogP contribution in [0.15, 0.2) is 0 Å². The molecule has 1 atom stereocenters. The molecule has 1 saturated heterocycles. The second-order valence-electron chi connectivity index (χ2n) is 3.55. The summed E-state index contributed by atoms with van der Waals surface area (Å²) in [4.78, 5) is 12.5. The molecule has 0 radical (unpaired) electrons. The largest absolute Gasteiger partial charge is 0.463 e. The molecule has 0 N–H and O–H groups in total. The Balaban J connectivity index is 3.99. The summed E-state index contributed by atoms with van der Waals surface area (Å²) in [5.41, 5.74) is 0. The average Bonchev–Trinajstić information content (AvgIpc) is 3.86. The van der Waals surface area contributed by atoms with Crippen molar-refractivity contribution in [3.8, 4) is 0 Å². The molecule has 0 spiro atoms. The first kappa shape index (κ1) is 3.45. The molecule has 0 aromatic heterocycles. The lowest BCUT2D eigenvalue weighted by Crippen LogP contribution is -2.09. The lowest BCUT2D eigenvalue weighted by molar-refractivity contribution is -0.144. The van der Waals surface area contributed by atoms with Gasteiger partial charge < -0.3 is 9.47 Å². The molecule has 0 aliphatic carbocycles. The maximum atomic E-state index is 12.5. The van der Waals surface area contributed by atoms with Crippen molar-refractivity contribution in [1.82, 2.24) is 0 Å². The van der Waals surface area contributed by atoms with Crippen LogP contribution >= 0.6 is 0 Å². The Hall–Kier alpha value is -0.570. The number of carbonyl (C=O) groups is 1. The molecule has 0 aromatic rings. The van der Waals surface area contributed by atoms with Crippen LogP contribution in [0.5, 0.6) is 0 Å². The van der Waals surface area contributed by atoms with Gasteiger partial charge >= 0.3 is 5.97 Å². The van der Waals surface area contributed by atoms with E-state index in [4.69, 9.17) is 52.7 Å². The molecule has 0 saturated carbocycles. The van der Waals surface area contributed by atoms with Gasteiger partial charge in [0.2, 0.25) is 0 Å². The summed E-state index contributed by atoms with van der Waals surface area (Å²) in [6.07, 6.45) is -80.1. The average molecular weight is 376 g/mol. The lowest BCUT2D eigenvalue weighted by atomic mass is 10.0. The second kappa shape index (κ2) is 15.9. The molecule has 1 unspecified atom stereocenters. The maximum Gasteiger partial charge on any atom is 0.305 e. The predicted molar refractivity (Wildman–Crippen MR) is 100 cm³/mol. The number of hydrogen-bond donors (Lipinski definition) is 0. The fraction of sp³-hybridized carbons (Fsp3) is 0.952. The zero-order valence-corrected chi connectivity index (χ0v) is 12.2. The molecule has 0 aromatic carbocycles. The Morgan fingerprint density at radius 3 is 1.83 bits per heavy atom. The zero-order chi connectivity index (χ0) is 48.5. The third-order valence-corrected chi connectivity index (χ3v) is 1.84. The minimum atomic E-state index is -5.24. The summed E-state index contributed by atoms with van der Waals surface area (Å²) in [5.74, 6) is -2.21. The van der Waals surface area contributed by atoms with Crippen molar-refractivity contribution < 1.29 is 62.2 Å². The van der Waals surface area contributed by atoms with E-state index in [9.17, 15) is 4.79 Å². The second-order valence-corrected chi connectivity index (χ2v) is 3.55. The number of rotatable bonds is 18. The van der Waals surface area contributed by atoms with E-state index >= 15 is 0 Å². The molecule has 3 nitrogen and oxygen atoms in total. The topological polar surface area (TPSA) is 38.8 Å². The SMILES string of the molecule is [2H]C([2H])([2H])C([2H])([2H])C([2H])([2H])C([2H])([2H])C([2H])([2H])C([2H])([2H])C([2H])([2H])C([2H])([2H])C([2H])([2H])C([2H])([2H])C([2H])([2H])C([2H])([2H])C([2H])([2H])C([2H])([2H])C([2H])([2H])C([2H])([2H])C([2H])([2H])C(=O)OCC1CO1. The van der Waals surface area contributed by atoms with Gasteiger partial charge in [-0.2, -0.15) is 0 Å². The van der Waals surface area contributed by atoms with Crippen molar-refractivity contribution in [2.24, 2.45) is 0 Å². The molecule has 1 heterocycles. The van der Waals surface area contributed by atoms with Gasteiger partial charge in [-0.3, -0.25) is 4.79 Å². The van der Waals surface area contributed by atoms with Crippen molar-refractivity contribution >= 4 is 5.97 Å². The summed E-state index contributed by atoms with van der Waals surface area (Å²) in [7, 11) is 0. The summed E-state index contributed by atoms with van der Waals surface area (Å²) in [6, 6.07) is 0. The summed E-state index contributed by atoms with van der Waals surface area (Å²) >= 11 is 0. The highest BCUT2D eigenvalue weighted by Crippen LogP contribution is 2.14. The highest BCUT2D eigenvalue weighted by Gasteiger charge is 2.23. The molecular formula is C21H40O3. The Bertz CT molecular complexity index is 1560. The van der Waals surface area contributed by atoms with Crippen LogP contribution in [-0.4, -0.2) is 25.3 Å². The van der Waals surface area contributed by atoms with E-state index in [1.807, 2.05) is 0 Å². The predicted octanol–water partition coefficient (Wildman–Crippen LogP) is 6.19. The number of epoxide rings is 1. The Kier molecular flexibility index (Phi) is 2.29. The van der Waals surface area contributed by atoms with Gasteiger partial charge in [0.05, 0.1) is 6.61 Å². The van der Waals surface area contributed by atoms with Gasteiger partial charge in [-0.25, -0.2) is 0 Å². The van der Waals surface area contributed by atoms with Crippen LogP contribution < -0.4 is 0 Å². The third kappa shape index (κ3) is 15.0. The quantitative estimate of drug-likeness (QED) is 0.212. The first-order chi connectivity index (χ1) is 25.0. The van der Waals surface area contributed by atoms with Crippen molar-refractivity contribution in [3.05, 3.63) is 0 Å². The van der Waals surface area contributed by atoms with E-state index in [0.29, 0.717) is 0 Å². The number of esters is 1. The maximum absolute atomic E-state index is 12.5. The van der Waals surface area contributed by atoms with Crippen molar-refractivity contribution in [3.63, 3.8) is 0 Å². The molecule has 1 aliphatic rings.